The zero-order valence-corrected chi connectivity index (χ0v) is 16.6. The first-order valence-electron chi connectivity index (χ1n) is 9.59. The molecule has 2 aromatic rings. The maximum atomic E-state index is 11.6. The number of hydrogen-bond donors (Lipinski definition) is 1. The van der Waals surface area contributed by atoms with Gasteiger partial charge in [0.2, 0.25) is 11.8 Å². The number of thiophene rings is 1. The van der Waals surface area contributed by atoms with Crippen LogP contribution in [0.5, 0.6) is 5.88 Å². The van der Waals surface area contributed by atoms with Gasteiger partial charge in [0.15, 0.2) is 0 Å². The third kappa shape index (κ3) is 3.66. The Morgan fingerprint density at radius 1 is 1.37 bits per heavy atom. The highest BCUT2D eigenvalue weighted by Gasteiger charge is 2.30. The van der Waals surface area contributed by atoms with Crippen molar-refractivity contribution in [2.24, 2.45) is 5.73 Å². The molecule has 3 heterocycles. The molecule has 2 N–H and O–H groups in total. The summed E-state index contributed by atoms with van der Waals surface area (Å²) < 4.78 is 11.9. The predicted octanol–water partition coefficient (Wildman–Crippen LogP) is 2.26. The van der Waals surface area contributed by atoms with Crippen molar-refractivity contribution in [1.29, 1.82) is 0 Å². The van der Waals surface area contributed by atoms with Crippen molar-refractivity contribution in [3.05, 3.63) is 16.8 Å². The summed E-state index contributed by atoms with van der Waals surface area (Å²) in [5, 5.41) is 0.930. The van der Waals surface area contributed by atoms with Gasteiger partial charge < -0.3 is 20.1 Å². The fourth-order valence-electron chi connectivity index (χ4n) is 4.05. The predicted molar refractivity (Wildman–Crippen MR) is 104 cm³/mol. The first-order valence-corrected chi connectivity index (χ1v) is 10.4. The van der Waals surface area contributed by atoms with Crippen LogP contribution in [0.15, 0.2) is 6.33 Å². The number of nitrogens with two attached hydrogens (primary N) is 1. The molecule has 2 aliphatic rings. The number of carbonyl (C=O) groups is 1. The van der Waals surface area contributed by atoms with Crippen LogP contribution in [0.3, 0.4) is 0 Å². The molecule has 4 rings (SSSR count). The van der Waals surface area contributed by atoms with Crippen molar-refractivity contribution in [2.45, 2.75) is 63.9 Å². The van der Waals surface area contributed by atoms with E-state index in [-0.39, 0.29) is 6.10 Å². The highest BCUT2D eigenvalue weighted by Crippen LogP contribution is 2.39. The molecular weight excluding hydrogens is 364 g/mol. The summed E-state index contributed by atoms with van der Waals surface area (Å²) >= 11 is 1.58. The second kappa shape index (κ2) is 7.69. The topological polar surface area (TPSA) is 90.6 Å². The van der Waals surface area contributed by atoms with E-state index >= 15 is 0 Å². The van der Waals surface area contributed by atoms with Crippen molar-refractivity contribution in [3.8, 4) is 5.88 Å². The molecule has 1 fully saturated rings. The monoisotopic (exact) mass is 390 g/mol. The minimum atomic E-state index is -0.594. The number of amides is 1. The van der Waals surface area contributed by atoms with Crippen molar-refractivity contribution in [3.63, 3.8) is 0 Å². The minimum Gasteiger partial charge on any atom is -0.474 e. The van der Waals surface area contributed by atoms with Crippen LogP contribution >= 0.6 is 11.3 Å². The Bertz CT molecular complexity index is 832. The van der Waals surface area contributed by atoms with Gasteiger partial charge in [-0.3, -0.25) is 4.79 Å². The van der Waals surface area contributed by atoms with Crippen LogP contribution in [-0.2, 0) is 22.6 Å². The summed E-state index contributed by atoms with van der Waals surface area (Å²) in [6, 6.07) is 0.641. The van der Waals surface area contributed by atoms with Crippen molar-refractivity contribution < 1.29 is 14.3 Å². The molecule has 1 aliphatic carbocycles. The number of nitrogens with zero attached hydrogens (tertiary/aromatic N) is 3. The fourth-order valence-corrected chi connectivity index (χ4v) is 5.13. The van der Waals surface area contributed by atoms with Gasteiger partial charge in [0, 0.05) is 17.3 Å². The van der Waals surface area contributed by atoms with Crippen LogP contribution in [0.2, 0.25) is 0 Å². The molecule has 0 spiro atoms. The summed E-state index contributed by atoms with van der Waals surface area (Å²) in [5.41, 5.74) is 6.50. The lowest BCUT2D eigenvalue weighted by atomic mass is 9.92. The summed E-state index contributed by atoms with van der Waals surface area (Å²) in [5.74, 6) is 0.201. The second-order valence-corrected chi connectivity index (χ2v) is 8.47. The van der Waals surface area contributed by atoms with Crippen LogP contribution < -0.4 is 10.5 Å². The number of ether oxygens (including phenoxy) is 2. The summed E-state index contributed by atoms with van der Waals surface area (Å²) in [6.45, 7) is 3.66. The Hall–Kier alpha value is -1.77. The van der Waals surface area contributed by atoms with E-state index in [0.717, 1.165) is 52.9 Å². The van der Waals surface area contributed by atoms with E-state index in [0.29, 0.717) is 24.9 Å². The van der Waals surface area contributed by atoms with Gasteiger partial charge in [-0.05, 0) is 44.8 Å². The van der Waals surface area contributed by atoms with Gasteiger partial charge in [0.25, 0.3) is 0 Å². The van der Waals surface area contributed by atoms with E-state index in [1.807, 2.05) is 0 Å². The molecule has 1 aliphatic heterocycles. The molecule has 0 saturated heterocycles. The molecule has 2 aromatic heterocycles. The Labute approximate surface area is 162 Å². The molecule has 0 aromatic carbocycles. The van der Waals surface area contributed by atoms with Crippen LogP contribution in [-0.4, -0.2) is 52.6 Å². The minimum absolute atomic E-state index is 0.173. The lowest BCUT2D eigenvalue weighted by Crippen LogP contribution is -2.37. The van der Waals surface area contributed by atoms with Crippen molar-refractivity contribution in [2.75, 3.05) is 13.6 Å². The van der Waals surface area contributed by atoms with Crippen LogP contribution in [0.4, 0.5) is 0 Å². The molecule has 1 atom stereocenters. The number of fused-ring (bicyclic) bond motifs is 3. The SMILES string of the molecule is CCN(C)C1CCC(Oc2ncnc3sc4c(c23)CC(C(N)=O)OC4)CC1. The summed E-state index contributed by atoms with van der Waals surface area (Å²) in [6.07, 6.45) is 5.94. The molecule has 1 saturated carbocycles. The van der Waals surface area contributed by atoms with E-state index in [2.05, 4.69) is 28.8 Å². The number of aromatic nitrogens is 2. The van der Waals surface area contributed by atoms with Gasteiger partial charge in [0.1, 0.15) is 23.4 Å². The second-order valence-electron chi connectivity index (χ2n) is 7.39. The highest BCUT2D eigenvalue weighted by molar-refractivity contribution is 7.18. The lowest BCUT2D eigenvalue weighted by Gasteiger charge is -2.34. The maximum Gasteiger partial charge on any atom is 0.246 e. The van der Waals surface area contributed by atoms with Gasteiger partial charge in [-0.25, -0.2) is 9.97 Å². The van der Waals surface area contributed by atoms with Crippen molar-refractivity contribution in [1.82, 2.24) is 14.9 Å². The average molecular weight is 391 g/mol. The summed E-state index contributed by atoms with van der Waals surface area (Å²) in [4.78, 5) is 24.8. The lowest BCUT2D eigenvalue weighted by molar-refractivity contribution is -0.130. The average Bonchev–Trinajstić information content (AvgIpc) is 3.06. The Morgan fingerprint density at radius 2 is 2.15 bits per heavy atom. The quantitative estimate of drug-likeness (QED) is 0.842. The van der Waals surface area contributed by atoms with E-state index in [9.17, 15) is 4.79 Å². The van der Waals surface area contributed by atoms with E-state index in [1.165, 1.54) is 0 Å². The molecule has 8 heteroatoms. The van der Waals surface area contributed by atoms with Gasteiger partial charge >= 0.3 is 0 Å². The number of hydrogen-bond acceptors (Lipinski definition) is 7. The third-order valence-electron chi connectivity index (χ3n) is 5.80. The zero-order chi connectivity index (χ0) is 19.0. The van der Waals surface area contributed by atoms with Gasteiger partial charge in [0.05, 0.1) is 12.0 Å². The Morgan fingerprint density at radius 3 is 2.85 bits per heavy atom. The van der Waals surface area contributed by atoms with Crippen LogP contribution in [0.1, 0.15) is 43.0 Å². The number of carbonyl (C=O) groups excluding carboxylic acids is 1. The molecule has 27 heavy (non-hydrogen) atoms. The van der Waals surface area contributed by atoms with Gasteiger partial charge in [-0.2, -0.15) is 0 Å². The molecule has 0 bridgehead atoms. The largest absolute Gasteiger partial charge is 0.474 e. The maximum absolute atomic E-state index is 11.6. The van der Waals surface area contributed by atoms with E-state index in [4.69, 9.17) is 15.2 Å². The first-order chi connectivity index (χ1) is 13.1. The Kier molecular flexibility index (Phi) is 5.29. The molecule has 1 unspecified atom stereocenters. The van der Waals surface area contributed by atoms with E-state index < -0.39 is 12.0 Å². The normalized spacial score (nSPS) is 25.5. The molecule has 7 nitrogen and oxygen atoms in total. The number of primary amides is 1. The third-order valence-corrected chi connectivity index (χ3v) is 6.92. The molecule has 146 valence electrons. The van der Waals surface area contributed by atoms with Crippen molar-refractivity contribution >= 4 is 27.5 Å². The first kappa shape index (κ1) is 18.6. The van der Waals surface area contributed by atoms with Crippen LogP contribution in [0.25, 0.3) is 10.2 Å². The fraction of sp³-hybridized carbons (Fsp3) is 0.632. The molecule has 1 amide bonds. The zero-order valence-electron chi connectivity index (χ0n) is 15.8. The van der Waals surface area contributed by atoms with Gasteiger partial charge in [-0.1, -0.05) is 6.92 Å². The standard InChI is InChI=1S/C19H26N4O3S/c1-3-23(2)11-4-6-12(7-5-11)26-18-16-13-8-14(17(20)24)25-9-15(13)27-19(16)22-10-21-18/h10-12,14H,3-9H2,1-2H3,(H2,20,24). The van der Waals surface area contributed by atoms with Crippen LogP contribution in [0, 0.1) is 0 Å². The number of rotatable bonds is 5. The Balaban J connectivity index is 1.55. The summed E-state index contributed by atoms with van der Waals surface area (Å²) in [7, 11) is 2.19. The van der Waals surface area contributed by atoms with Gasteiger partial charge in [-0.15, -0.1) is 11.3 Å². The highest BCUT2D eigenvalue weighted by atomic mass is 32.1. The smallest absolute Gasteiger partial charge is 0.246 e. The molecule has 0 radical (unpaired) electrons. The molecular formula is C19H26N4O3S. The van der Waals surface area contributed by atoms with E-state index in [1.54, 1.807) is 17.7 Å².